The molecule has 2 heterocycles. The highest BCUT2D eigenvalue weighted by atomic mass is 16.5. The average Bonchev–Trinajstić information content (AvgIpc) is 3.07. The van der Waals surface area contributed by atoms with Crippen LogP contribution in [0.3, 0.4) is 0 Å². The van der Waals surface area contributed by atoms with Gasteiger partial charge in [0.05, 0.1) is 11.3 Å². The Bertz CT molecular complexity index is 869. The van der Waals surface area contributed by atoms with Gasteiger partial charge in [-0.3, -0.25) is 0 Å². The van der Waals surface area contributed by atoms with E-state index in [9.17, 15) is 4.79 Å². The molecule has 3 rings (SSSR count). The lowest BCUT2D eigenvalue weighted by Crippen LogP contribution is -2.14. The summed E-state index contributed by atoms with van der Waals surface area (Å²) in [5.41, 5.74) is 2.22. The number of nitrogens with zero attached hydrogens (tertiary/aromatic N) is 4. The first-order chi connectivity index (χ1) is 11.7. The Morgan fingerprint density at radius 2 is 2.04 bits per heavy atom. The second kappa shape index (κ2) is 7.04. The molecule has 0 spiro atoms. The minimum atomic E-state index is -0.415. The van der Waals surface area contributed by atoms with Crippen LogP contribution in [0.4, 0.5) is 0 Å². The van der Waals surface area contributed by atoms with Gasteiger partial charge in [-0.2, -0.15) is 10.1 Å². The molecule has 6 heteroatoms. The van der Waals surface area contributed by atoms with Crippen LogP contribution in [0.2, 0.25) is 0 Å². The number of fused-ring (bicyclic) bond motifs is 1. The van der Waals surface area contributed by atoms with Crippen molar-refractivity contribution in [3.05, 3.63) is 65.8 Å². The van der Waals surface area contributed by atoms with Gasteiger partial charge in [0.1, 0.15) is 12.9 Å². The quantitative estimate of drug-likeness (QED) is 0.675. The summed E-state index contributed by atoms with van der Waals surface area (Å²) in [5.74, 6) is 0.139. The van der Waals surface area contributed by atoms with E-state index in [0.29, 0.717) is 11.3 Å². The van der Waals surface area contributed by atoms with Gasteiger partial charge in [0.25, 0.3) is 5.78 Å². The zero-order valence-corrected chi connectivity index (χ0v) is 13.6. The van der Waals surface area contributed by atoms with Crippen LogP contribution in [0, 0.1) is 0 Å². The molecule has 0 amide bonds. The van der Waals surface area contributed by atoms with Crippen LogP contribution in [-0.2, 0) is 4.74 Å². The summed E-state index contributed by atoms with van der Waals surface area (Å²) >= 11 is 0. The van der Waals surface area contributed by atoms with Gasteiger partial charge in [-0.1, -0.05) is 50.3 Å². The molecule has 0 unspecified atom stereocenters. The Labute approximate surface area is 139 Å². The van der Waals surface area contributed by atoms with E-state index in [2.05, 4.69) is 15.1 Å². The van der Waals surface area contributed by atoms with Crippen molar-refractivity contribution in [2.45, 2.75) is 19.8 Å². The number of hydrogen-bond donors (Lipinski definition) is 0. The second-order valence-corrected chi connectivity index (χ2v) is 5.60. The highest BCUT2D eigenvalue weighted by Crippen LogP contribution is 2.19. The molecule has 0 aliphatic carbocycles. The van der Waals surface area contributed by atoms with E-state index in [1.54, 1.807) is 4.52 Å². The van der Waals surface area contributed by atoms with Crippen molar-refractivity contribution in [3.8, 4) is 0 Å². The standard InChI is InChI=1S/C18H18N4O2/c1-13(2)16-15(11-19-18-20-12-21-22(16)18)17(23)24-10-6-9-14-7-4-3-5-8-14/h3-9,11-13H,10H2,1-2H3/b9-6+. The second-order valence-electron chi connectivity index (χ2n) is 5.60. The van der Waals surface area contributed by atoms with Gasteiger partial charge in [0, 0.05) is 6.20 Å². The molecular formula is C18H18N4O2. The Balaban J connectivity index is 1.74. The molecule has 0 saturated carbocycles. The monoisotopic (exact) mass is 322 g/mol. The fraction of sp³-hybridized carbons (Fsp3) is 0.222. The number of aromatic nitrogens is 4. The number of esters is 1. The smallest absolute Gasteiger partial charge is 0.341 e. The lowest BCUT2D eigenvalue weighted by molar-refractivity contribution is 0.0547. The minimum Gasteiger partial charge on any atom is -0.458 e. The molecule has 0 saturated heterocycles. The fourth-order valence-electron chi connectivity index (χ4n) is 2.46. The highest BCUT2D eigenvalue weighted by Gasteiger charge is 2.20. The van der Waals surface area contributed by atoms with Crippen molar-refractivity contribution in [2.24, 2.45) is 0 Å². The van der Waals surface area contributed by atoms with Crippen LogP contribution < -0.4 is 0 Å². The fourth-order valence-corrected chi connectivity index (χ4v) is 2.46. The summed E-state index contributed by atoms with van der Waals surface area (Å²) in [4.78, 5) is 20.6. The van der Waals surface area contributed by atoms with Crippen molar-refractivity contribution in [3.63, 3.8) is 0 Å². The zero-order chi connectivity index (χ0) is 16.9. The van der Waals surface area contributed by atoms with E-state index in [0.717, 1.165) is 11.3 Å². The van der Waals surface area contributed by atoms with Gasteiger partial charge < -0.3 is 4.74 Å². The van der Waals surface area contributed by atoms with Gasteiger partial charge in [-0.15, -0.1) is 0 Å². The van der Waals surface area contributed by atoms with E-state index in [4.69, 9.17) is 4.74 Å². The highest BCUT2D eigenvalue weighted by molar-refractivity contribution is 5.90. The molecule has 0 aliphatic rings. The average molecular weight is 322 g/mol. The minimum absolute atomic E-state index is 0.0830. The van der Waals surface area contributed by atoms with Gasteiger partial charge in [0.2, 0.25) is 0 Å². The van der Waals surface area contributed by atoms with Gasteiger partial charge >= 0.3 is 5.97 Å². The van der Waals surface area contributed by atoms with Crippen LogP contribution >= 0.6 is 0 Å². The molecule has 0 aliphatic heterocycles. The SMILES string of the molecule is CC(C)c1c(C(=O)OC/C=C/c2ccccc2)cnc2ncnn12. The Kier molecular flexibility index (Phi) is 4.65. The van der Waals surface area contributed by atoms with Crippen LogP contribution in [0.1, 0.15) is 41.4 Å². The summed E-state index contributed by atoms with van der Waals surface area (Å²) in [6.45, 7) is 4.17. The number of carbonyl (C=O) groups is 1. The van der Waals surface area contributed by atoms with Gasteiger partial charge in [0.15, 0.2) is 0 Å². The van der Waals surface area contributed by atoms with Crippen molar-refractivity contribution < 1.29 is 9.53 Å². The normalized spacial score (nSPS) is 11.5. The molecule has 3 aromatic rings. The first-order valence-electron chi connectivity index (χ1n) is 7.74. The molecule has 1 aromatic carbocycles. The third-order valence-electron chi connectivity index (χ3n) is 3.53. The molecule has 0 radical (unpaired) electrons. The number of carbonyl (C=O) groups excluding carboxylic acids is 1. The lowest BCUT2D eigenvalue weighted by atomic mass is 10.1. The summed E-state index contributed by atoms with van der Waals surface area (Å²) in [7, 11) is 0. The number of rotatable bonds is 5. The number of ether oxygens (including phenoxy) is 1. The first-order valence-corrected chi connectivity index (χ1v) is 7.74. The van der Waals surface area contributed by atoms with E-state index in [-0.39, 0.29) is 12.5 Å². The number of hydrogen-bond acceptors (Lipinski definition) is 5. The first kappa shape index (κ1) is 15.9. The van der Waals surface area contributed by atoms with Crippen LogP contribution in [0.25, 0.3) is 11.9 Å². The van der Waals surface area contributed by atoms with Crippen LogP contribution in [0.5, 0.6) is 0 Å². The maximum Gasteiger partial charge on any atom is 0.341 e. The van der Waals surface area contributed by atoms with Crippen molar-refractivity contribution in [1.82, 2.24) is 19.6 Å². The zero-order valence-electron chi connectivity index (χ0n) is 13.6. The Morgan fingerprint density at radius 3 is 2.79 bits per heavy atom. The van der Waals surface area contributed by atoms with E-state index >= 15 is 0 Å². The largest absolute Gasteiger partial charge is 0.458 e. The topological polar surface area (TPSA) is 69.4 Å². The number of benzene rings is 1. The third-order valence-corrected chi connectivity index (χ3v) is 3.53. The summed E-state index contributed by atoms with van der Waals surface area (Å²) in [6.07, 6.45) is 6.65. The van der Waals surface area contributed by atoms with Crippen LogP contribution in [0.15, 0.2) is 48.9 Å². The summed E-state index contributed by atoms with van der Waals surface area (Å²) in [6, 6.07) is 9.84. The molecule has 122 valence electrons. The Hall–Kier alpha value is -3.02. The predicted octanol–water partition coefficient (Wildman–Crippen LogP) is 3.12. The van der Waals surface area contributed by atoms with Crippen molar-refractivity contribution in [1.29, 1.82) is 0 Å². The molecule has 6 nitrogen and oxygen atoms in total. The molecule has 0 bridgehead atoms. The van der Waals surface area contributed by atoms with Gasteiger partial charge in [-0.25, -0.2) is 14.3 Å². The molecular weight excluding hydrogens is 304 g/mol. The molecule has 0 fully saturated rings. The van der Waals surface area contributed by atoms with Gasteiger partial charge in [-0.05, 0) is 17.6 Å². The summed E-state index contributed by atoms with van der Waals surface area (Å²) in [5, 5.41) is 4.14. The Morgan fingerprint density at radius 1 is 1.25 bits per heavy atom. The summed E-state index contributed by atoms with van der Waals surface area (Å²) < 4.78 is 6.92. The maximum atomic E-state index is 12.4. The van der Waals surface area contributed by atoms with Crippen LogP contribution in [-0.4, -0.2) is 32.2 Å². The molecule has 2 aromatic heterocycles. The maximum absolute atomic E-state index is 12.4. The molecule has 0 atom stereocenters. The predicted molar refractivity (Wildman–Crippen MR) is 90.6 cm³/mol. The van der Waals surface area contributed by atoms with E-state index in [1.807, 2.05) is 56.3 Å². The molecule has 24 heavy (non-hydrogen) atoms. The molecule has 0 N–H and O–H groups in total. The third kappa shape index (κ3) is 3.32. The lowest BCUT2D eigenvalue weighted by Gasteiger charge is -2.12. The van der Waals surface area contributed by atoms with E-state index in [1.165, 1.54) is 12.5 Å². The van der Waals surface area contributed by atoms with E-state index < -0.39 is 5.97 Å². The van der Waals surface area contributed by atoms with Crippen molar-refractivity contribution >= 4 is 17.8 Å². The van der Waals surface area contributed by atoms with Crippen molar-refractivity contribution in [2.75, 3.05) is 6.61 Å².